The van der Waals surface area contributed by atoms with Crippen molar-refractivity contribution in [3.8, 4) is 11.5 Å². The first-order valence-electron chi connectivity index (χ1n) is 8.87. The van der Waals surface area contributed by atoms with Crippen LogP contribution in [0.2, 0.25) is 0 Å². The van der Waals surface area contributed by atoms with Crippen LogP contribution in [0.15, 0.2) is 83.8 Å². The van der Waals surface area contributed by atoms with E-state index in [-0.39, 0.29) is 17.9 Å². The summed E-state index contributed by atoms with van der Waals surface area (Å²) in [6, 6.07) is 19.6. The number of benzene rings is 3. The number of fused-ring (bicyclic) bond motifs is 1. The minimum atomic E-state index is -0.416. The molecule has 0 aliphatic rings. The third-order valence-corrected chi connectivity index (χ3v) is 4.24. The fourth-order valence-corrected chi connectivity index (χ4v) is 2.93. The van der Waals surface area contributed by atoms with Crippen molar-refractivity contribution >= 4 is 22.5 Å². The summed E-state index contributed by atoms with van der Waals surface area (Å²) in [7, 11) is 0. The molecule has 0 fully saturated rings. The van der Waals surface area contributed by atoms with Crippen LogP contribution in [0.5, 0.6) is 11.5 Å². The van der Waals surface area contributed by atoms with Gasteiger partial charge in [-0.15, -0.1) is 0 Å². The number of halogens is 1. The number of hydrogen-bond acceptors (Lipinski definition) is 4. The molecule has 1 heterocycles. The highest BCUT2D eigenvalue weighted by molar-refractivity contribution is 5.93. The number of carbonyl (C=O) groups excluding carboxylic acids is 1. The molecule has 0 saturated carbocycles. The second-order valence-corrected chi connectivity index (χ2v) is 6.29. The van der Waals surface area contributed by atoms with Gasteiger partial charge in [-0.3, -0.25) is 14.3 Å². The second-order valence-electron chi connectivity index (χ2n) is 6.29. The summed E-state index contributed by atoms with van der Waals surface area (Å²) in [5.41, 5.74) is 0.803. The molecule has 1 aromatic heterocycles. The number of para-hydroxylation sites is 3. The van der Waals surface area contributed by atoms with E-state index in [1.54, 1.807) is 60.7 Å². The molecule has 0 aliphatic carbocycles. The minimum Gasteiger partial charge on any atom is -0.455 e. The second kappa shape index (κ2) is 7.93. The lowest BCUT2D eigenvalue weighted by molar-refractivity contribution is -0.116. The number of hydrogen-bond donors (Lipinski definition) is 1. The SMILES string of the molecule is O=C(Cn1ncc(=O)c2ccccc21)Nc1ccccc1Oc1cccc(F)c1. The zero-order chi connectivity index (χ0) is 20.2. The molecule has 0 aliphatic heterocycles. The molecule has 0 unspecified atom stereocenters. The molecule has 0 saturated heterocycles. The Morgan fingerprint density at radius 2 is 1.83 bits per heavy atom. The summed E-state index contributed by atoms with van der Waals surface area (Å²) in [6.45, 7) is -0.0882. The Balaban J connectivity index is 1.55. The quantitative estimate of drug-likeness (QED) is 0.561. The predicted octanol–water partition coefficient (Wildman–Crippen LogP) is 3.97. The Morgan fingerprint density at radius 3 is 2.69 bits per heavy atom. The van der Waals surface area contributed by atoms with Crippen molar-refractivity contribution in [1.29, 1.82) is 0 Å². The fraction of sp³-hybridized carbons (Fsp3) is 0.0455. The number of anilines is 1. The number of carbonyl (C=O) groups is 1. The Kier molecular flexibility index (Phi) is 5.03. The predicted molar refractivity (Wildman–Crippen MR) is 108 cm³/mol. The number of nitrogens with one attached hydrogen (secondary N) is 1. The maximum absolute atomic E-state index is 13.4. The first-order chi connectivity index (χ1) is 14.1. The molecule has 3 aromatic carbocycles. The van der Waals surface area contributed by atoms with Crippen molar-refractivity contribution < 1.29 is 13.9 Å². The molecule has 0 spiro atoms. The van der Waals surface area contributed by atoms with E-state index in [4.69, 9.17) is 4.74 Å². The lowest BCUT2D eigenvalue weighted by atomic mass is 10.2. The van der Waals surface area contributed by atoms with Gasteiger partial charge < -0.3 is 10.1 Å². The van der Waals surface area contributed by atoms with E-state index in [9.17, 15) is 14.0 Å². The molecule has 0 bridgehead atoms. The highest BCUT2D eigenvalue weighted by Gasteiger charge is 2.11. The van der Waals surface area contributed by atoms with Crippen LogP contribution >= 0.6 is 0 Å². The third kappa shape index (κ3) is 4.14. The van der Waals surface area contributed by atoms with Gasteiger partial charge in [-0.05, 0) is 36.4 Å². The van der Waals surface area contributed by atoms with Gasteiger partial charge in [0.2, 0.25) is 11.3 Å². The van der Waals surface area contributed by atoms with Crippen LogP contribution in [0.4, 0.5) is 10.1 Å². The maximum Gasteiger partial charge on any atom is 0.246 e. The van der Waals surface area contributed by atoms with E-state index in [0.717, 1.165) is 0 Å². The summed E-state index contributed by atoms with van der Waals surface area (Å²) in [6.07, 6.45) is 1.19. The van der Waals surface area contributed by atoms with Crippen LogP contribution in [-0.4, -0.2) is 15.7 Å². The average molecular weight is 389 g/mol. The number of nitrogens with zero attached hydrogens (tertiary/aromatic N) is 2. The number of rotatable bonds is 5. The Labute approximate surface area is 165 Å². The van der Waals surface area contributed by atoms with Crippen LogP contribution in [0.3, 0.4) is 0 Å². The van der Waals surface area contributed by atoms with Gasteiger partial charge in [0, 0.05) is 11.5 Å². The lowest BCUT2D eigenvalue weighted by Crippen LogP contribution is -2.22. The molecule has 1 amide bonds. The standard InChI is InChI=1S/C22H16FN3O3/c23-15-6-5-7-16(12-15)29-21-11-4-2-9-18(21)25-22(28)14-26-19-10-3-1-8-17(19)20(27)13-24-26/h1-13H,14H2,(H,25,28). The topological polar surface area (TPSA) is 73.2 Å². The smallest absolute Gasteiger partial charge is 0.246 e. The van der Waals surface area contributed by atoms with Gasteiger partial charge >= 0.3 is 0 Å². The summed E-state index contributed by atoms with van der Waals surface area (Å²) in [5, 5.41) is 7.33. The van der Waals surface area contributed by atoms with Crippen LogP contribution in [-0.2, 0) is 11.3 Å². The van der Waals surface area contributed by atoms with E-state index in [2.05, 4.69) is 10.4 Å². The van der Waals surface area contributed by atoms with Crippen LogP contribution in [0.1, 0.15) is 0 Å². The van der Waals surface area contributed by atoms with E-state index in [1.807, 2.05) is 0 Å². The number of ether oxygens (including phenoxy) is 1. The Hall–Kier alpha value is -4.00. The molecule has 144 valence electrons. The van der Waals surface area contributed by atoms with E-state index in [0.29, 0.717) is 28.1 Å². The summed E-state index contributed by atoms with van der Waals surface area (Å²) in [4.78, 5) is 24.5. The zero-order valence-electron chi connectivity index (χ0n) is 15.2. The van der Waals surface area contributed by atoms with E-state index < -0.39 is 5.82 Å². The van der Waals surface area contributed by atoms with Crippen molar-refractivity contribution in [2.75, 3.05) is 5.32 Å². The molecule has 6 nitrogen and oxygen atoms in total. The van der Waals surface area contributed by atoms with Crippen molar-refractivity contribution in [3.05, 3.63) is 95.0 Å². The highest BCUT2D eigenvalue weighted by Crippen LogP contribution is 2.29. The van der Waals surface area contributed by atoms with Crippen LogP contribution in [0.25, 0.3) is 10.9 Å². The van der Waals surface area contributed by atoms with E-state index >= 15 is 0 Å². The first-order valence-corrected chi connectivity index (χ1v) is 8.87. The normalized spacial score (nSPS) is 10.7. The number of aromatic nitrogens is 2. The third-order valence-electron chi connectivity index (χ3n) is 4.24. The first kappa shape index (κ1) is 18.4. The van der Waals surface area contributed by atoms with Crippen molar-refractivity contribution in [3.63, 3.8) is 0 Å². The summed E-state index contributed by atoms with van der Waals surface area (Å²) < 4.78 is 20.6. The highest BCUT2D eigenvalue weighted by atomic mass is 19.1. The molecule has 0 radical (unpaired) electrons. The maximum atomic E-state index is 13.4. The Morgan fingerprint density at radius 1 is 1.03 bits per heavy atom. The van der Waals surface area contributed by atoms with Gasteiger partial charge in [-0.25, -0.2) is 4.39 Å². The molecule has 4 rings (SSSR count). The molecule has 7 heteroatoms. The van der Waals surface area contributed by atoms with Crippen molar-refractivity contribution in [2.24, 2.45) is 0 Å². The molecular formula is C22H16FN3O3. The van der Waals surface area contributed by atoms with Gasteiger partial charge in [0.05, 0.1) is 17.4 Å². The van der Waals surface area contributed by atoms with Crippen LogP contribution in [0, 0.1) is 5.82 Å². The molecular weight excluding hydrogens is 373 g/mol. The molecule has 0 atom stereocenters. The monoisotopic (exact) mass is 389 g/mol. The molecule has 29 heavy (non-hydrogen) atoms. The average Bonchev–Trinajstić information content (AvgIpc) is 2.72. The minimum absolute atomic E-state index is 0.0882. The van der Waals surface area contributed by atoms with Gasteiger partial charge in [0.1, 0.15) is 18.1 Å². The van der Waals surface area contributed by atoms with Gasteiger partial charge in [-0.1, -0.05) is 30.3 Å². The van der Waals surface area contributed by atoms with Crippen molar-refractivity contribution in [1.82, 2.24) is 9.78 Å². The molecule has 1 N–H and O–H groups in total. The molecule has 4 aromatic rings. The van der Waals surface area contributed by atoms with Gasteiger partial charge in [-0.2, -0.15) is 5.10 Å². The van der Waals surface area contributed by atoms with Gasteiger partial charge in [0.25, 0.3) is 0 Å². The largest absolute Gasteiger partial charge is 0.455 e. The van der Waals surface area contributed by atoms with Crippen molar-refractivity contribution in [2.45, 2.75) is 6.54 Å². The zero-order valence-corrected chi connectivity index (χ0v) is 15.2. The lowest BCUT2D eigenvalue weighted by Gasteiger charge is -2.13. The van der Waals surface area contributed by atoms with Gasteiger partial charge in [0.15, 0.2) is 5.75 Å². The number of amides is 1. The van der Waals surface area contributed by atoms with Crippen LogP contribution < -0.4 is 15.5 Å². The van der Waals surface area contributed by atoms with E-state index in [1.165, 1.54) is 23.0 Å². The summed E-state index contributed by atoms with van der Waals surface area (Å²) >= 11 is 0. The fourth-order valence-electron chi connectivity index (χ4n) is 2.93. The summed E-state index contributed by atoms with van der Waals surface area (Å²) in [5.74, 6) is -0.0641. The Bertz CT molecular complexity index is 1250.